The summed E-state index contributed by atoms with van der Waals surface area (Å²) >= 11 is 4.80. The lowest BCUT2D eigenvalue weighted by atomic mass is 9.88. The molecule has 0 spiro atoms. The largest absolute Gasteiger partial charge is 0.362 e. The maximum Gasteiger partial charge on any atom is 0.264 e. The van der Waals surface area contributed by atoms with Gasteiger partial charge in [0.25, 0.3) is 5.91 Å². The number of carbonyl (C=O) groups is 1. The lowest BCUT2D eigenvalue weighted by molar-refractivity contribution is -0.115. The molecule has 0 aliphatic carbocycles. The Hall–Kier alpha value is -2.31. The second-order valence-electron chi connectivity index (χ2n) is 8.37. The van der Waals surface area contributed by atoms with Crippen LogP contribution in [-0.2, 0) is 4.79 Å². The van der Waals surface area contributed by atoms with E-state index in [1.54, 1.807) is 0 Å². The quantitative estimate of drug-likeness (QED) is 0.476. The highest BCUT2D eigenvalue weighted by molar-refractivity contribution is 9.10. The zero-order chi connectivity index (χ0) is 22.2. The summed E-state index contributed by atoms with van der Waals surface area (Å²) in [5.74, 6) is -0.111. The highest BCUT2D eigenvalue weighted by atomic mass is 79.9. The number of nitrogens with one attached hydrogen (secondary N) is 1. The van der Waals surface area contributed by atoms with Gasteiger partial charge in [-0.25, -0.2) is 4.99 Å². The number of hydrogen-bond donors (Lipinski definition) is 1. The van der Waals surface area contributed by atoms with Gasteiger partial charge in [0.2, 0.25) is 0 Å². The minimum Gasteiger partial charge on any atom is -0.362 e. The average Bonchev–Trinajstić information content (AvgIpc) is 3.05. The predicted octanol–water partition coefficient (Wildman–Crippen LogP) is 6.75. The molecule has 0 saturated carbocycles. The van der Waals surface area contributed by atoms with Gasteiger partial charge < -0.3 is 10.2 Å². The standard InChI is InChI=1S/C25H26BrN3OS/c1-5-12-29-21-11-6-17(13-20(21)16(2)15-25(29,3)4)14-22-23(30)28-24(31-22)27-19-9-7-18(26)8-10-19/h6-11,13-15H,5,12H2,1-4H3,(H,27,28,30)/b22-14+. The molecule has 6 heteroatoms. The molecule has 0 atom stereocenters. The molecule has 1 amide bonds. The molecule has 0 radical (unpaired) electrons. The number of allylic oxidation sites excluding steroid dienone is 1. The molecule has 1 saturated heterocycles. The number of rotatable bonds is 4. The minimum atomic E-state index is -0.111. The van der Waals surface area contributed by atoms with E-state index in [0.717, 1.165) is 28.7 Å². The minimum absolute atomic E-state index is 0.00729. The van der Waals surface area contributed by atoms with E-state index in [9.17, 15) is 4.79 Å². The number of aliphatic imine (C=N–C) groups is 1. The molecule has 2 aromatic rings. The summed E-state index contributed by atoms with van der Waals surface area (Å²) in [6.07, 6.45) is 5.38. The summed E-state index contributed by atoms with van der Waals surface area (Å²) in [4.78, 5) is 20.2. The molecule has 0 aromatic heterocycles. The Morgan fingerprint density at radius 1 is 1.19 bits per heavy atom. The predicted molar refractivity (Wildman–Crippen MR) is 137 cm³/mol. The van der Waals surface area contributed by atoms with Crippen molar-refractivity contribution in [1.29, 1.82) is 0 Å². The fourth-order valence-corrected chi connectivity index (χ4v) is 5.19. The van der Waals surface area contributed by atoms with Gasteiger partial charge in [-0.1, -0.05) is 35.0 Å². The first-order chi connectivity index (χ1) is 14.8. The fraction of sp³-hybridized carbons (Fsp3) is 0.280. The zero-order valence-corrected chi connectivity index (χ0v) is 20.6. The molecule has 4 rings (SSSR count). The summed E-state index contributed by atoms with van der Waals surface area (Å²) in [6, 6.07) is 14.2. The van der Waals surface area contributed by atoms with Gasteiger partial charge in [-0.3, -0.25) is 4.79 Å². The van der Waals surface area contributed by atoms with Crippen molar-refractivity contribution in [2.24, 2.45) is 4.99 Å². The van der Waals surface area contributed by atoms with E-state index < -0.39 is 0 Å². The summed E-state index contributed by atoms with van der Waals surface area (Å²) in [5, 5.41) is 3.47. The maximum absolute atomic E-state index is 12.5. The first-order valence-corrected chi connectivity index (χ1v) is 12.0. The Balaban J connectivity index is 1.62. The molecule has 2 heterocycles. The molecule has 2 aliphatic rings. The second-order valence-corrected chi connectivity index (χ2v) is 10.3. The van der Waals surface area contributed by atoms with Crippen molar-refractivity contribution in [2.45, 2.75) is 39.7 Å². The van der Waals surface area contributed by atoms with Crippen LogP contribution in [0.5, 0.6) is 0 Å². The van der Waals surface area contributed by atoms with Gasteiger partial charge in [-0.05, 0) is 92.6 Å². The van der Waals surface area contributed by atoms with Crippen LogP contribution in [0.2, 0.25) is 0 Å². The van der Waals surface area contributed by atoms with Gasteiger partial charge in [-0.15, -0.1) is 0 Å². The molecule has 1 fully saturated rings. The van der Waals surface area contributed by atoms with Gasteiger partial charge in [0.1, 0.15) is 0 Å². The second kappa shape index (κ2) is 8.67. The van der Waals surface area contributed by atoms with Crippen LogP contribution in [0.25, 0.3) is 11.6 Å². The Morgan fingerprint density at radius 3 is 2.65 bits per heavy atom. The van der Waals surface area contributed by atoms with Crippen LogP contribution in [0.1, 0.15) is 45.2 Å². The van der Waals surface area contributed by atoms with E-state index in [2.05, 4.69) is 83.1 Å². The molecule has 2 aromatic carbocycles. The highest BCUT2D eigenvalue weighted by Gasteiger charge is 2.31. The van der Waals surface area contributed by atoms with E-state index in [0.29, 0.717) is 10.1 Å². The number of thioether (sulfide) groups is 1. The van der Waals surface area contributed by atoms with Gasteiger partial charge >= 0.3 is 0 Å². The van der Waals surface area contributed by atoms with Crippen molar-refractivity contribution in [3.8, 4) is 0 Å². The van der Waals surface area contributed by atoms with Crippen molar-refractivity contribution < 1.29 is 4.79 Å². The topological polar surface area (TPSA) is 44.7 Å². The first kappa shape index (κ1) is 21.9. The van der Waals surface area contributed by atoms with Crippen LogP contribution in [0.3, 0.4) is 0 Å². The van der Waals surface area contributed by atoms with Crippen LogP contribution in [-0.4, -0.2) is 23.2 Å². The number of hydrogen-bond acceptors (Lipinski definition) is 4. The van der Waals surface area contributed by atoms with Crippen molar-refractivity contribution in [2.75, 3.05) is 11.4 Å². The van der Waals surface area contributed by atoms with Gasteiger partial charge in [-0.2, -0.15) is 0 Å². The molecule has 1 N–H and O–H groups in total. The summed E-state index contributed by atoms with van der Waals surface area (Å²) in [6.45, 7) is 9.91. The number of benzene rings is 2. The Morgan fingerprint density at radius 2 is 1.94 bits per heavy atom. The van der Waals surface area contributed by atoms with Crippen LogP contribution >= 0.6 is 27.7 Å². The van der Waals surface area contributed by atoms with Crippen LogP contribution < -0.4 is 10.2 Å². The third-order valence-corrected chi connectivity index (χ3v) is 6.89. The van der Waals surface area contributed by atoms with E-state index in [1.165, 1.54) is 28.6 Å². The molecule has 31 heavy (non-hydrogen) atoms. The molecular weight excluding hydrogens is 470 g/mol. The van der Waals surface area contributed by atoms with Crippen LogP contribution in [0, 0.1) is 0 Å². The Bertz CT molecular complexity index is 1120. The lowest BCUT2D eigenvalue weighted by Crippen LogP contribution is -2.45. The third kappa shape index (κ3) is 4.65. The van der Waals surface area contributed by atoms with Gasteiger partial charge in [0.15, 0.2) is 5.17 Å². The van der Waals surface area contributed by atoms with Crippen molar-refractivity contribution in [3.05, 3.63) is 69.0 Å². The summed E-state index contributed by atoms with van der Waals surface area (Å²) in [5.41, 5.74) is 5.58. The number of carbonyl (C=O) groups excluding carboxylic acids is 1. The molecule has 4 nitrogen and oxygen atoms in total. The number of amidine groups is 1. The SMILES string of the molecule is CCCN1c2ccc(/C=C3/SC(=Nc4ccc(Br)cc4)NC3=O)cc2C(C)=CC1(C)C. The Labute approximate surface area is 196 Å². The summed E-state index contributed by atoms with van der Waals surface area (Å²) in [7, 11) is 0. The number of halogens is 1. The smallest absolute Gasteiger partial charge is 0.264 e. The average molecular weight is 496 g/mol. The first-order valence-electron chi connectivity index (χ1n) is 10.4. The number of anilines is 1. The monoisotopic (exact) mass is 495 g/mol. The van der Waals surface area contributed by atoms with Gasteiger partial charge in [0, 0.05) is 22.3 Å². The molecule has 0 bridgehead atoms. The molecule has 2 aliphatic heterocycles. The summed E-state index contributed by atoms with van der Waals surface area (Å²) < 4.78 is 0.998. The van der Waals surface area contributed by atoms with E-state index in [1.807, 2.05) is 30.3 Å². The highest BCUT2D eigenvalue weighted by Crippen LogP contribution is 2.40. The molecule has 0 unspecified atom stereocenters. The fourth-order valence-electron chi connectivity index (χ4n) is 4.09. The van der Waals surface area contributed by atoms with Crippen molar-refractivity contribution >= 4 is 61.8 Å². The normalized spacial score (nSPS) is 20.1. The van der Waals surface area contributed by atoms with E-state index in [-0.39, 0.29) is 11.4 Å². The van der Waals surface area contributed by atoms with Crippen molar-refractivity contribution in [3.63, 3.8) is 0 Å². The number of nitrogens with zero attached hydrogens (tertiary/aromatic N) is 2. The Kier molecular flexibility index (Phi) is 6.13. The zero-order valence-electron chi connectivity index (χ0n) is 18.2. The molecule has 160 valence electrons. The third-order valence-electron chi connectivity index (χ3n) is 5.45. The van der Waals surface area contributed by atoms with E-state index >= 15 is 0 Å². The van der Waals surface area contributed by atoms with Gasteiger partial charge in [0.05, 0.1) is 16.1 Å². The van der Waals surface area contributed by atoms with Crippen molar-refractivity contribution in [1.82, 2.24) is 5.32 Å². The lowest BCUT2D eigenvalue weighted by Gasteiger charge is -2.43. The van der Waals surface area contributed by atoms with Crippen LogP contribution in [0.15, 0.2) is 62.9 Å². The number of amides is 1. The number of fused-ring (bicyclic) bond motifs is 1. The van der Waals surface area contributed by atoms with Crippen LogP contribution in [0.4, 0.5) is 11.4 Å². The van der Waals surface area contributed by atoms with E-state index in [4.69, 9.17) is 0 Å². The maximum atomic E-state index is 12.5. The molecular formula is C25H26BrN3OS.